The molecule has 3 amide bonds. The highest BCUT2D eigenvalue weighted by Crippen LogP contribution is 2.21. The lowest BCUT2D eigenvalue weighted by Crippen LogP contribution is -2.30. The minimum atomic E-state index is -0.344. The van der Waals surface area contributed by atoms with Crippen LogP contribution in [0.15, 0.2) is 30.0 Å². The van der Waals surface area contributed by atoms with E-state index in [9.17, 15) is 9.59 Å². The number of rotatable bonds is 3. The van der Waals surface area contributed by atoms with Crippen LogP contribution >= 0.6 is 0 Å². The van der Waals surface area contributed by atoms with Crippen LogP contribution in [0.3, 0.4) is 0 Å². The van der Waals surface area contributed by atoms with E-state index in [1.807, 2.05) is 12.1 Å². The first-order valence-electron chi connectivity index (χ1n) is 7.88. The number of carbonyl (C=O) groups excluding carboxylic acids is 2. The Morgan fingerprint density at radius 1 is 1.09 bits per heavy atom. The highest BCUT2D eigenvalue weighted by Gasteiger charge is 2.31. The maximum atomic E-state index is 12.0. The van der Waals surface area contributed by atoms with E-state index in [1.54, 1.807) is 13.0 Å². The van der Waals surface area contributed by atoms with Crippen LogP contribution in [0.2, 0.25) is 0 Å². The van der Waals surface area contributed by atoms with E-state index in [1.165, 1.54) is 29.8 Å². The van der Waals surface area contributed by atoms with Crippen molar-refractivity contribution in [1.29, 1.82) is 0 Å². The van der Waals surface area contributed by atoms with E-state index in [2.05, 4.69) is 22.3 Å². The Morgan fingerprint density at radius 3 is 2.36 bits per heavy atom. The zero-order chi connectivity index (χ0) is 15.5. The molecule has 2 heterocycles. The molecule has 3 rings (SSSR count). The van der Waals surface area contributed by atoms with Crippen molar-refractivity contribution in [3.8, 4) is 0 Å². The van der Waals surface area contributed by atoms with E-state index in [-0.39, 0.29) is 11.9 Å². The van der Waals surface area contributed by atoms with Crippen LogP contribution in [0.1, 0.15) is 31.7 Å². The number of benzene rings is 1. The summed E-state index contributed by atoms with van der Waals surface area (Å²) in [5, 5.41) is 2.62. The smallest absolute Gasteiger partial charge is 0.328 e. The lowest BCUT2D eigenvalue weighted by molar-refractivity contribution is -0.122. The second-order valence-corrected chi connectivity index (χ2v) is 5.68. The molecule has 2 fully saturated rings. The monoisotopic (exact) mass is 299 g/mol. The highest BCUT2D eigenvalue weighted by molar-refractivity contribution is 6.13. The molecule has 0 unspecified atom stereocenters. The highest BCUT2D eigenvalue weighted by atomic mass is 16.2. The van der Waals surface area contributed by atoms with Crippen LogP contribution < -0.4 is 10.2 Å². The lowest BCUT2D eigenvalue weighted by atomic mass is 10.1. The third-order valence-electron chi connectivity index (χ3n) is 4.20. The van der Waals surface area contributed by atoms with Gasteiger partial charge < -0.3 is 10.2 Å². The molecular weight excluding hydrogens is 278 g/mol. The third kappa shape index (κ3) is 2.84. The van der Waals surface area contributed by atoms with Gasteiger partial charge in [0.1, 0.15) is 5.70 Å². The molecule has 0 saturated carbocycles. The largest absolute Gasteiger partial charge is 0.372 e. The molecule has 5 nitrogen and oxygen atoms in total. The summed E-state index contributed by atoms with van der Waals surface area (Å²) in [5.74, 6) is -0.257. The van der Waals surface area contributed by atoms with E-state index in [4.69, 9.17) is 0 Å². The zero-order valence-corrected chi connectivity index (χ0v) is 12.8. The maximum absolute atomic E-state index is 12.0. The molecule has 0 aromatic heterocycles. The average Bonchev–Trinajstić information content (AvgIpc) is 2.82. The summed E-state index contributed by atoms with van der Waals surface area (Å²) in [7, 11) is 0. The molecule has 116 valence electrons. The van der Waals surface area contributed by atoms with Gasteiger partial charge in [-0.05, 0) is 50.0 Å². The maximum Gasteiger partial charge on any atom is 0.328 e. The molecule has 2 aliphatic heterocycles. The van der Waals surface area contributed by atoms with Gasteiger partial charge in [0.05, 0.1) is 0 Å². The van der Waals surface area contributed by atoms with Crippen molar-refractivity contribution in [2.24, 2.45) is 0 Å². The quantitative estimate of drug-likeness (QED) is 0.689. The Labute approximate surface area is 130 Å². The molecule has 0 atom stereocenters. The fourth-order valence-corrected chi connectivity index (χ4v) is 2.96. The van der Waals surface area contributed by atoms with Gasteiger partial charge in [0.15, 0.2) is 0 Å². The number of anilines is 1. The number of likely N-dealkylation sites (N-methyl/N-ethyl adjacent to an activating group) is 1. The number of carbonyl (C=O) groups is 2. The van der Waals surface area contributed by atoms with Crippen LogP contribution in [0.25, 0.3) is 6.08 Å². The van der Waals surface area contributed by atoms with Crippen molar-refractivity contribution >= 4 is 23.7 Å². The van der Waals surface area contributed by atoms with Crippen molar-refractivity contribution < 1.29 is 9.59 Å². The summed E-state index contributed by atoms with van der Waals surface area (Å²) in [5.41, 5.74) is 2.48. The first kappa shape index (κ1) is 14.6. The number of nitrogens with one attached hydrogen (secondary N) is 1. The van der Waals surface area contributed by atoms with Gasteiger partial charge in [0.25, 0.3) is 5.91 Å². The van der Waals surface area contributed by atoms with Gasteiger partial charge in [-0.3, -0.25) is 9.69 Å². The number of hydrogen-bond acceptors (Lipinski definition) is 3. The first-order chi connectivity index (χ1) is 10.7. The Bertz CT molecular complexity index is 601. The number of amides is 3. The molecular formula is C17H21N3O2. The first-order valence-corrected chi connectivity index (χ1v) is 7.88. The van der Waals surface area contributed by atoms with Crippen molar-refractivity contribution in [1.82, 2.24) is 10.2 Å². The molecule has 0 radical (unpaired) electrons. The standard InChI is InChI=1S/C17H21N3O2/c1-2-20-16(21)15(18-17(20)22)12-13-6-8-14(9-7-13)19-10-4-3-5-11-19/h6-9,12H,2-5,10-11H2,1H3,(H,18,22)/b15-12+. The van der Waals surface area contributed by atoms with Crippen LogP contribution in [-0.4, -0.2) is 36.5 Å². The molecule has 22 heavy (non-hydrogen) atoms. The topological polar surface area (TPSA) is 52.7 Å². The summed E-state index contributed by atoms with van der Waals surface area (Å²) in [6.07, 6.45) is 5.55. The predicted molar refractivity (Wildman–Crippen MR) is 86.4 cm³/mol. The number of imide groups is 1. The van der Waals surface area contributed by atoms with Crippen LogP contribution in [0.5, 0.6) is 0 Å². The van der Waals surface area contributed by atoms with Crippen molar-refractivity contribution in [2.45, 2.75) is 26.2 Å². The van der Waals surface area contributed by atoms with Crippen LogP contribution in [-0.2, 0) is 4.79 Å². The molecule has 0 spiro atoms. The van der Waals surface area contributed by atoms with Gasteiger partial charge in [-0.2, -0.15) is 0 Å². The second-order valence-electron chi connectivity index (χ2n) is 5.68. The summed E-state index contributed by atoms with van der Waals surface area (Å²) in [4.78, 5) is 27.2. The fourth-order valence-electron chi connectivity index (χ4n) is 2.96. The van der Waals surface area contributed by atoms with E-state index < -0.39 is 0 Å². The van der Waals surface area contributed by atoms with E-state index >= 15 is 0 Å². The number of hydrogen-bond donors (Lipinski definition) is 1. The van der Waals surface area contributed by atoms with Crippen molar-refractivity contribution in [3.05, 3.63) is 35.5 Å². The molecule has 1 aromatic rings. The molecule has 1 aromatic carbocycles. The number of urea groups is 1. The van der Waals surface area contributed by atoms with Crippen LogP contribution in [0.4, 0.5) is 10.5 Å². The Balaban J connectivity index is 1.74. The molecule has 2 saturated heterocycles. The van der Waals surface area contributed by atoms with Gasteiger partial charge in [0.2, 0.25) is 0 Å². The Kier molecular flexibility index (Phi) is 4.13. The van der Waals surface area contributed by atoms with E-state index in [0.717, 1.165) is 18.7 Å². The minimum Gasteiger partial charge on any atom is -0.372 e. The molecule has 1 N–H and O–H groups in total. The average molecular weight is 299 g/mol. The van der Waals surface area contributed by atoms with Crippen LogP contribution in [0, 0.1) is 0 Å². The number of nitrogens with zero attached hydrogens (tertiary/aromatic N) is 2. The fraction of sp³-hybridized carbons (Fsp3) is 0.412. The van der Waals surface area contributed by atoms with Gasteiger partial charge in [-0.1, -0.05) is 12.1 Å². The normalized spacial score (nSPS) is 20.7. The summed E-state index contributed by atoms with van der Waals surface area (Å²) in [6, 6.07) is 7.80. The second kappa shape index (κ2) is 6.22. The summed E-state index contributed by atoms with van der Waals surface area (Å²) >= 11 is 0. The predicted octanol–water partition coefficient (Wildman–Crippen LogP) is 2.59. The minimum absolute atomic E-state index is 0.257. The SMILES string of the molecule is CCN1C(=O)N/C(=C/c2ccc(N3CCCCC3)cc2)C1=O. The van der Waals surface area contributed by atoms with Gasteiger partial charge >= 0.3 is 6.03 Å². The lowest BCUT2D eigenvalue weighted by Gasteiger charge is -2.28. The Hall–Kier alpha value is -2.30. The summed E-state index contributed by atoms with van der Waals surface area (Å²) < 4.78 is 0. The zero-order valence-electron chi connectivity index (χ0n) is 12.8. The van der Waals surface area contributed by atoms with Gasteiger partial charge in [0, 0.05) is 25.3 Å². The van der Waals surface area contributed by atoms with Gasteiger partial charge in [-0.15, -0.1) is 0 Å². The van der Waals surface area contributed by atoms with Crippen molar-refractivity contribution in [3.63, 3.8) is 0 Å². The summed E-state index contributed by atoms with van der Waals surface area (Å²) in [6.45, 7) is 4.39. The number of piperidine rings is 1. The molecule has 2 aliphatic rings. The third-order valence-corrected chi connectivity index (χ3v) is 4.20. The molecule has 5 heteroatoms. The van der Waals surface area contributed by atoms with Gasteiger partial charge in [-0.25, -0.2) is 4.79 Å². The Morgan fingerprint density at radius 2 is 1.77 bits per heavy atom. The molecule has 0 aliphatic carbocycles. The van der Waals surface area contributed by atoms with Crippen molar-refractivity contribution in [2.75, 3.05) is 24.5 Å². The molecule has 0 bridgehead atoms. The van der Waals surface area contributed by atoms with E-state index in [0.29, 0.717) is 12.2 Å².